The summed E-state index contributed by atoms with van der Waals surface area (Å²) in [6.45, 7) is 1.51. The SMILES string of the molecule is OCc1nn2c(C3CCOCC3)nnc2s1. The molecule has 2 aromatic rings. The minimum Gasteiger partial charge on any atom is -0.389 e. The van der Waals surface area contributed by atoms with E-state index in [0.717, 1.165) is 36.8 Å². The van der Waals surface area contributed by atoms with Crippen molar-refractivity contribution in [3.8, 4) is 0 Å². The number of nitrogens with zero attached hydrogens (tertiary/aromatic N) is 4. The number of aromatic nitrogens is 4. The zero-order valence-corrected chi connectivity index (χ0v) is 9.48. The van der Waals surface area contributed by atoms with Crippen LogP contribution in [0.3, 0.4) is 0 Å². The Morgan fingerprint density at radius 1 is 1.38 bits per heavy atom. The van der Waals surface area contributed by atoms with Crippen molar-refractivity contribution in [2.75, 3.05) is 13.2 Å². The zero-order valence-electron chi connectivity index (χ0n) is 8.67. The Hall–Kier alpha value is -1.05. The number of hydrogen-bond donors (Lipinski definition) is 1. The van der Waals surface area contributed by atoms with Gasteiger partial charge in [-0.15, -0.1) is 10.2 Å². The number of aliphatic hydroxyl groups is 1. The molecule has 1 fully saturated rings. The van der Waals surface area contributed by atoms with Crippen LogP contribution < -0.4 is 0 Å². The van der Waals surface area contributed by atoms with Gasteiger partial charge in [0.25, 0.3) is 0 Å². The van der Waals surface area contributed by atoms with Crippen molar-refractivity contribution in [3.05, 3.63) is 10.8 Å². The number of fused-ring (bicyclic) bond motifs is 1. The normalized spacial score (nSPS) is 18.3. The molecule has 16 heavy (non-hydrogen) atoms. The smallest absolute Gasteiger partial charge is 0.234 e. The third kappa shape index (κ3) is 1.60. The minimum absolute atomic E-state index is 0.0404. The molecule has 3 rings (SSSR count). The Labute approximate surface area is 95.9 Å². The van der Waals surface area contributed by atoms with Gasteiger partial charge >= 0.3 is 0 Å². The van der Waals surface area contributed by atoms with Crippen LogP contribution in [0.25, 0.3) is 4.96 Å². The molecule has 0 atom stereocenters. The molecule has 1 aliphatic rings. The Morgan fingerprint density at radius 3 is 2.94 bits per heavy atom. The van der Waals surface area contributed by atoms with Crippen LogP contribution in [-0.4, -0.2) is 38.1 Å². The van der Waals surface area contributed by atoms with Crippen molar-refractivity contribution in [2.24, 2.45) is 0 Å². The first kappa shape index (κ1) is 10.1. The van der Waals surface area contributed by atoms with Gasteiger partial charge in [0.15, 0.2) is 5.82 Å². The van der Waals surface area contributed by atoms with E-state index in [-0.39, 0.29) is 6.61 Å². The van der Waals surface area contributed by atoms with Gasteiger partial charge in [-0.05, 0) is 12.8 Å². The fourth-order valence-electron chi connectivity index (χ4n) is 1.95. The monoisotopic (exact) mass is 240 g/mol. The van der Waals surface area contributed by atoms with E-state index in [1.54, 1.807) is 4.52 Å². The minimum atomic E-state index is -0.0404. The predicted molar refractivity (Wildman–Crippen MR) is 57.4 cm³/mol. The van der Waals surface area contributed by atoms with Crippen LogP contribution in [0.15, 0.2) is 0 Å². The molecule has 1 aliphatic heterocycles. The van der Waals surface area contributed by atoms with Crippen LogP contribution in [0, 0.1) is 0 Å². The predicted octanol–water partition coefficient (Wildman–Crippen LogP) is 0.572. The second-order valence-corrected chi connectivity index (χ2v) is 4.83. The maximum atomic E-state index is 9.02. The number of hydrogen-bond acceptors (Lipinski definition) is 6. The summed E-state index contributed by atoms with van der Waals surface area (Å²) in [7, 11) is 0. The van der Waals surface area contributed by atoms with Crippen molar-refractivity contribution < 1.29 is 9.84 Å². The second-order valence-electron chi connectivity index (χ2n) is 3.79. The van der Waals surface area contributed by atoms with Crippen LogP contribution in [0.1, 0.15) is 29.6 Å². The molecule has 2 aromatic heterocycles. The molecule has 1 saturated heterocycles. The summed E-state index contributed by atoms with van der Waals surface area (Å²) in [6, 6.07) is 0. The van der Waals surface area contributed by atoms with Crippen molar-refractivity contribution in [2.45, 2.75) is 25.4 Å². The van der Waals surface area contributed by atoms with Gasteiger partial charge in [-0.2, -0.15) is 9.61 Å². The number of aliphatic hydroxyl groups excluding tert-OH is 1. The third-order valence-electron chi connectivity index (χ3n) is 2.78. The lowest BCUT2D eigenvalue weighted by Crippen LogP contribution is -2.16. The van der Waals surface area contributed by atoms with Gasteiger partial charge in [0.2, 0.25) is 4.96 Å². The molecule has 0 amide bonds. The summed E-state index contributed by atoms with van der Waals surface area (Å²) in [6.07, 6.45) is 1.93. The van der Waals surface area contributed by atoms with Gasteiger partial charge in [0, 0.05) is 19.1 Å². The van der Waals surface area contributed by atoms with Gasteiger partial charge in [0.1, 0.15) is 5.01 Å². The molecule has 0 saturated carbocycles. The van der Waals surface area contributed by atoms with E-state index in [0.29, 0.717) is 10.9 Å². The Bertz CT molecular complexity index is 489. The van der Waals surface area contributed by atoms with Gasteiger partial charge in [-0.1, -0.05) is 11.3 Å². The average Bonchev–Trinajstić information content (AvgIpc) is 2.88. The van der Waals surface area contributed by atoms with E-state index >= 15 is 0 Å². The van der Waals surface area contributed by atoms with E-state index in [1.807, 2.05) is 0 Å². The summed E-state index contributed by atoms with van der Waals surface area (Å²) < 4.78 is 7.08. The molecule has 3 heterocycles. The van der Waals surface area contributed by atoms with Crippen LogP contribution in [0.2, 0.25) is 0 Å². The van der Waals surface area contributed by atoms with Crippen molar-refractivity contribution in [1.29, 1.82) is 0 Å². The highest BCUT2D eigenvalue weighted by molar-refractivity contribution is 7.16. The lowest BCUT2D eigenvalue weighted by atomic mass is 10.00. The first-order chi connectivity index (χ1) is 7.88. The van der Waals surface area contributed by atoms with E-state index < -0.39 is 0 Å². The standard InChI is InChI=1S/C9H12N4O2S/c14-5-7-12-13-8(10-11-9(13)16-7)6-1-3-15-4-2-6/h6,14H,1-5H2. The highest BCUT2D eigenvalue weighted by atomic mass is 32.1. The lowest BCUT2D eigenvalue weighted by Gasteiger charge is -2.19. The molecule has 7 heteroatoms. The first-order valence-corrected chi connectivity index (χ1v) is 6.10. The van der Waals surface area contributed by atoms with E-state index in [1.165, 1.54) is 11.3 Å². The molecule has 0 aromatic carbocycles. The van der Waals surface area contributed by atoms with Gasteiger partial charge in [0.05, 0.1) is 6.61 Å². The Balaban J connectivity index is 1.98. The summed E-state index contributed by atoms with van der Waals surface area (Å²) in [5.74, 6) is 1.27. The molecule has 0 aliphatic carbocycles. The Morgan fingerprint density at radius 2 is 2.19 bits per heavy atom. The molecular weight excluding hydrogens is 228 g/mol. The molecule has 0 unspecified atom stereocenters. The van der Waals surface area contributed by atoms with Crippen LogP contribution in [0.4, 0.5) is 0 Å². The van der Waals surface area contributed by atoms with Crippen LogP contribution in [0.5, 0.6) is 0 Å². The Kier molecular flexibility index (Phi) is 2.58. The summed E-state index contributed by atoms with van der Waals surface area (Å²) in [4.78, 5) is 0.755. The van der Waals surface area contributed by atoms with Crippen LogP contribution in [-0.2, 0) is 11.3 Å². The highest BCUT2D eigenvalue weighted by Crippen LogP contribution is 2.26. The lowest BCUT2D eigenvalue weighted by molar-refractivity contribution is 0.0831. The molecule has 0 spiro atoms. The van der Waals surface area contributed by atoms with Crippen LogP contribution >= 0.6 is 11.3 Å². The molecule has 0 bridgehead atoms. The van der Waals surface area contributed by atoms with Crippen molar-refractivity contribution in [3.63, 3.8) is 0 Å². The number of ether oxygens (including phenoxy) is 1. The summed E-state index contributed by atoms with van der Waals surface area (Å²) in [5.41, 5.74) is 0. The fraction of sp³-hybridized carbons (Fsp3) is 0.667. The summed E-state index contributed by atoms with van der Waals surface area (Å²) >= 11 is 1.38. The largest absolute Gasteiger partial charge is 0.389 e. The second kappa shape index (κ2) is 4.08. The van der Waals surface area contributed by atoms with Gasteiger partial charge in [-0.25, -0.2) is 0 Å². The average molecular weight is 240 g/mol. The van der Waals surface area contributed by atoms with E-state index in [9.17, 15) is 0 Å². The van der Waals surface area contributed by atoms with Crippen molar-refractivity contribution >= 4 is 16.3 Å². The quantitative estimate of drug-likeness (QED) is 0.831. The summed E-state index contributed by atoms with van der Waals surface area (Å²) in [5, 5.41) is 22.2. The van der Waals surface area contributed by atoms with Crippen molar-refractivity contribution in [1.82, 2.24) is 19.8 Å². The topological polar surface area (TPSA) is 72.5 Å². The molecule has 6 nitrogen and oxygen atoms in total. The molecule has 86 valence electrons. The van der Waals surface area contributed by atoms with E-state index in [2.05, 4.69) is 15.3 Å². The zero-order chi connectivity index (χ0) is 11.0. The molecular formula is C9H12N4O2S. The van der Waals surface area contributed by atoms with Gasteiger partial charge in [-0.3, -0.25) is 0 Å². The molecule has 0 radical (unpaired) electrons. The number of rotatable bonds is 2. The van der Waals surface area contributed by atoms with E-state index in [4.69, 9.17) is 9.84 Å². The molecule has 1 N–H and O–H groups in total. The first-order valence-electron chi connectivity index (χ1n) is 5.28. The van der Waals surface area contributed by atoms with Gasteiger partial charge < -0.3 is 9.84 Å². The maximum Gasteiger partial charge on any atom is 0.234 e. The maximum absolute atomic E-state index is 9.02. The third-order valence-corrected chi connectivity index (χ3v) is 3.66. The fourth-order valence-corrected chi connectivity index (χ4v) is 2.65. The highest BCUT2D eigenvalue weighted by Gasteiger charge is 2.22.